The Morgan fingerprint density at radius 1 is 1.15 bits per heavy atom. The zero-order valence-corrected chi connectivity index (χ0v) is 8.23. The number of rotatable bonds is 0. The van der Waals surface area contributed by atoms with Crippen LogP contribution in [0, 0.1) is 0 Å². The summed E-state index contributed by atoms with van der Waals surface area (Å²) in [7, 11) is 0. The van der Waals surface area contributed by atoms with Gasteiger partial charge in [0.25, 0.3) is 0 Å². The van der Waals surface area contributed by atoms with Gasteiger partial charge in [0.15, 0.2) is 0 Å². The maximum Gasteiger partial charge on any atom is 0.138 e. The van der Waals surface area contributed by atoms with Crippen LogP contribution in [0.5, 0.6) is 0 Å². The molecule has 2 rings (SSSR count). The van der Waals surface area contributed by atoms with Gasteiger partial charge >= 0.3 is 0 Å². The Morgan fingerprint density at radius 3 is 2.08 bits per heavy atom. The minimum Gasteiger partial charge on any atom is -0.238 e. The molecule has 0 aliphatic heterocycles. The zero-order chi connectivity index (χ0) is 9.42. The van der Waals surface area contributed by atoms with E-state index in [2.05, 4.69) is 8.75 Å². The standard InChI is InChI=1S/C9H9FN2S/c1-5-3-7(10)4-6(2)9-8(5)11-13-12-9/h3-4,7H,1-2H3. The first kappa shape index (κ1) is 8.56. The van der Waals surface area contributed by atoms with E-state index in [0.717, 1.165) is 22.5 Å². The summed E-state index contributed by atoms with van der Waals surface area (Å²) in [4.78, 5) is 0. The van der Waals surface area contributed by atoms with Gasteiger partial charge < -0.3 is 0 Å². The second kappa shape index (κ2) is 3.03. The van der Waals surface area contributed by atoms with E-state index in [-0.39, 0.29) is 0 Å². The summed E-state index contributed by atoms with van der Waals surface area (Å²) < 4.78 is 21.5. The van der Waals surface area contributed by atoms with Crippen molar-refractivity contribution in [2.24, 2.45) is 0 Å². The number of nitrogens with zero attached hydrogens (tertiary/aromatic N) is 2. The van der Waals surface area contributed by atoms with Gasteiger partial charge in [-0.1, -0.05) is 0 Å². The molecule has 2 nitrogen and oxygen atoms in total. The number of halogens is 1. The van der Waals surface area contributed by atoms with E-state index < -0.39 is 6.17 Å². The van der Waals surface area contributed by atoms with Crippen LogP contribution >= 0.6 is 11.7 Å². The lowest BCUT2D eigenvalue weighted by molar-refractivity contribution is 0.470. The topological polar surface area (TPSA) is 25.8 Å². The van der Waals surface area contributed by atoms with Gasteiger partial charge in [-0.3, -0.25) is 0 Å². The molecule has 1 aliphatic rings. The highest BCUT2D eigenvalue weighted by molar-refractivity contribution is 6.99. The summed E-state index contributed by atoms with van der Waals surface area (Å²) >= 11 is 1.17. The largest absolute Gasteiger partial charge is 0.238 e. The van der Waals surface area contributed by atoms with Crippen molar-refractivity contribution < 1.29 is 4.39 Å². The summed E-state index contributed by atoms with van der Waals surface area (Å²) in [5.74, 6) is 0. The van der Waals surface area contributed by atoms with E-state index >= 15 is 0 Å². The number of hydrogen-bond acceptors (Lipinski definition) is 3. The van der Waals surface area contributed by atoms with Crippen LogP contribution in [-0.2, 0) is 0 Å². The molecule has 0 amide bonds. The van der Waals surface area contributed by atoms with Crippen LogP contribution < -0.4 is 0 Å². The first-order chi connectivity index (χ1) is 6.18. The van der Waals surface area contributed by atoms with Crippen molar-refractivity contribution in [3.8, 4) is 0 Å². The van der Waals surface area contributed by atoms with Crippen molar-refractivity contribution >= 4 is 22.9 Å². The molecule has 0 bridgehead atoms. The van der Waals surface area contributed by atoms with Crippen molar-refractivity contribution in [2.45, 2.75) is 20.0 Å². The van der Waals surface area contributed by atoms with Crippen molar-refractivity contribution in [3.05, 3.63) is 23.5 Å². The first-order valence-corrected chi connectivity index (χ1v) is 4.75. The fourth-order valence-electron chi connectivity index (χ4n) is 1.39. The highest BCUT2D eigenvalue weighted by atomic mass is 32.1. The fourth-order valence-corrected chi connectivity index (χ4v) is 2.05. The van der Waals surface area contributed by atoms with Gasteiger partial charge in [-0.25, -0.2) is 4.39 Å². The van der Waals surface area contributed by atoms with Crippen LogP contribution in [0.3, 0.4) is 0 Å². The Labute approximate surface area is 80.1 Å². The average Bonchev–Trinajstić information content (AvgIpc) is 2.47. The molecule has 0 unspecified atom stereocenters. The Morgan fingerprint density at radius 2 is 1.62 bits per heavy atom. The van der Waals surface area contributed by atoms with Gasteiger partial charge in [0.2, 0.25) is 0 Å². The monoisotopic (exact) mass is 196 g/mol. The molecule has 0 atom stereocenters. The molecule has 13 heavy (non-hydrogen) atoms. The molecule has 0 aromatic carbocycles. The molecule has 1 aromatic heterocycles. The summed E-state index contributed by atoms with van der Waals surface area (Å²) in [6.07, 6.45) is 2.12. The van der Waals surface area contributed by atoms with E-state index in [1.54, 1.807) is 12.2 Å². The smallest absolute Gasteiger partial charge is 0.138 e. The highest BCUT2D eigenvalue weighted by Gasteiger charge is 2.16. The van der Waals surface area contributed by atoms with Gasteiger partial charge in [0, 0.05) is 0 Å². The SMILES string of the molecule is CC1=CC(F)C=C(C)c2nsnc21. The minimum absolute atomic E-state index is 0.818. The van der Waals surface area contributed by atoms with Crippen molar-refractivity contribution in [1.29, 1.82) is 0 Å². The molecule has 1 aromatic rings. The van der Waals surface area contributed by atoms with Crippen molar-refractivity contribution in [1.82, 2.24) is 8.75 Å². The summed E-state index contributed by atoms with van der Waals surface area (Å²) in [6, 6.07) is 0. The van der Waals surface area contributed by atoms with E-state index in [1.165, 1.54) is 11.7 Å². The van der Waals surface area contributed by atoms with Crippen LogP contribution in [0.15, 0.2) is 12.2 Å². The third kappa shape index (κ3) is 1.42. The fraction of sp³-hybridized carbons (Fsp3) is 0.333. The molecule has 0 spiro atoms. The quantitative estimate of drug-likeness (QED) is 0.637. The second-order valence-corrected chi connectivity index (χ2v) is 3.63. The predicted octanol–water partition coefficient (Wildman–Crippen LogP) is 2.70. The van der Waals surface area contributed by atoms with E-state index in [9.17, 15) is 4.39 Å². The molecule has 1 heterocycles. The molecule has 0 saturated carbocycles. The molecule has 1 aliphatic carbocycles. The van der Waals surface area contributed by atoms with Gasteiger partial charge in [0.05, 0.1) is 11.7 Å². The number of alkyl halides is 1. The molecule has 68 valence electrons. The maximum absolute atomic E-state index is 13.2. The second-order valence-electron chi connectivity index (χ2n) is 3.11. The molecule has 0 fully saturated rings. The number of aromatic nitrogens is 2. The number of hydrogen-bond donors (Lipinski definition) is 0. The highest BCUT2D eigenvalue weighted by Crippen LogP contribution is 2.27. The Balaban J connectivity index is 2.61. The van der Waals surface area contributed by atoms with Crippen molar-refractivity contribution in [3.63, 3.8) is 0 Å². The van der Waals surface area contributed by atoms with Crippen LogP contribution in [0.25, 0.3) is 11.1 Å². The van der Waals surface area contributed by atoms with Gasteiger partial charge in [-0.05, 0) is 37.1 Å². The molecular formula is C9H9FN2S. The van der Waals surface area contributed by atoms with Crippen LogP contribution in [0.4, 0.5) is 4.39 Å². The maximum atomic E-state index is 13.2. The Bertz CT molecular complexity index is 358. The lowest BCUT2D eigenvalue weighted by Gasteiger charge is -1.95. The predicted molar refractivity (Wildman–Crippen MR) is 52.1 cm³/mol. The normalized spacial score (nSPS) is 17.5. The van der Waals surface area contributed by atoms with Crippen LogP contribution in [0.2, 0.25) is 0 Å². The summed E-state index contributed by atoms with van der Waals surface area (Å²) in [5, 5.41) is 0. The third-order valence-electron chi connectivity index (χ3n) is 2.05. The van der Waals surface area contributed by atoms with Crippen LogP contribution in [0.1, 0.15) is 25.2 Å². The summed E-state index contributed by atoms with van der Waals surface area (Å²) in [6.45, 7) is 3.72. The third-order valence-corrected chi connectivity index (χ3v) is 2.58. The van der Waals surface area contributed by atoms with E-state index in [0.29, 0.717) is 0 Å². The van der Waals surface area contributed by atoms with E-state index in [1.807, 2.05) is 13.8 Å². The Hall–Kier alpha value is -1.03. The summed E-state index contributed by atoms with van der Waals surface area (Å²) in [5.41, 5.74) is 3.37. The molecular weight excluding hydrogens is 187 g/mol. The van der Waals surface area contributed by atoms with Gasteiger partial charge in [-0.15, -0.1) is 0 Å². The number of fused-ring (bicyclic) bond motifs is 1. The first-order valence-electron chi connectivity index (χ1n) is 4.02. The van der Waals surface area contributed by atoms with E-state index in [4.69, 9.17) is 0 Å². The molecule has 0 radical (unpaired) electrons. The molecule has 0 N–H and O–H groups in total. The van der Waals surface area contributed by atoms with Gasteiger partial charge in [0.1, 0.15) is 17.6 Å². The average molecular weight is 196 g/mol. The number of allylic oxidation sites excluding steroid dienone is 4. The minimum atomic E-state index is -1.01. The molecule has 4 heteroatoms. The van der Waals surface area contributed by atoms with Gasteiger partial charge in [-0.2, -0.15) is 8.75 Å². The Kier molecular flexibility index (Phi) is 2.00. The zero-order valence-electron chi connectivity index (χ0n) is 7.41. The lowest BCUT2D eigenvalue weighted by Crippen LogP contribution is -1.88. The molecule has 0 saturated heterocycles. The lowest BCUT2D eigenvalue weighted by atomic mass is 10.1. The van der Waals surface area contributed by atoms with Crippen molar-refractivity contribution in [2.75, 3.05) is 0 Å². The van der Waals surface area contributed by atoms with Crippen LogP contribution in [-0.4, -0.2) is 14.9 Å².